The van der Waals surface area contributed by atoms with Gasteiger partial charge in [0, 0.05) is 0 Å². The van der Waals surface area contributed by atoms with Crippen LogP contribution < -0.4 is 0 Å². The number of ether oxygens (including phenoxy) is 4. The van der Waals surface area contributed by atoms with Crippen molar-refractivity contribution in [2.24, 2.45) is 0 Å². The van der Waals surface area contributed by atoms with Crippen molar-refractivity contribution in [3.05, 3.63) is 108 Å². The second kappa shape index (κ2) is 11.9. The van der Waals surface area contributed by atoms with Crippen molar-refractivity contribution < 1.29 is 24.1 Å². The zero-order valence-electron chi connectivity index (χ0n) is 18.1. The summed E-state index contributed by atoms with van der Waals surface area (Å²) in [7, 11) is 0. The maximum absolute atomic E-state index is 9.96. The van der Waals surface area contributed by atoms with E-state index in [0.29, 0.717) is 26.4 Å². The van der Waals surface area contributed by atoms with E-state index in [2.05, 4.69) is 0 Å². The molecule has 5 nitrogen and oxygen atoms in total. The van der Waals surface area contributed by atoms with E-state index in [-0.39, 0.29) is 18.8 Å². The van der Waals surface area contributed by atoms with Crippen LogP contribution in [0.15, 0.2) is 91.0 Å². The molecule has 168 valence electrons. The van der Waals surface area contributed by atoms with Gasteiger partial charge in [-0.3, -0.25) is 0 Å². The smallest absolute Gasteiger partial charge is 0.115 e. The molecule has 0 spiro atoms. The Morgan fingerprint density at radius 2 is 1.03 bits per heavy atom. The highest BCUT2D eigenvalue weighted by atomic mass is 16.6. The SMILES string of the molecule is OCC1OC(COCc2ccccc2)C(OCc2ccccc2)C1OCc1ccccc1. The van der Waals surface area contributed by atoms with E-state index < -0.39 is 12.2 Å². The molecule has 1 N–H and O–H groups in total. The van der Waals surface area contributed by atoms with Crippen LogP contribution in [0.4, 0.5) is 0 Å². The fourth-order valence-electron chi connectivity index (χ4n) is 3.89. The third kappa shape index (κ3) is 6.25. The number of rotatable bonds is 11. The maximum Gasteiger partial charge on any atom is 0.115 e. The van der Waals surface area contributed by atoms with E-state index in [1.807, 2.05) is 91.0 Å². The van der Waals surface area contributed by atoms with Gasteiger partial charge in [-0.2, -0.15) is 0 Å². The molecule has 0 saturated carbocycles. The molecule has 0 aliphatic carbocycles. The Bertz CT molecular complexity index is 903. The van der Waals surface area contributed by atoms with Crippen molar-refractivity contribution in [3.63, 3.8) is 0 Å². The predicted octanol–water partition coefficient (Wildman–Crippen LogP) is 4.13. The topological polar surface area (TPSA) is 57.2 Å². The van der Waals surface area contributed by atoms with Crippen LogP contribution in [0, 0.1) is 0 Å². The Labute approximate surface area is 189 Å². The molecule has 3 aromatic rings. The lowest BCUT2D eigenvalue weighted by Gasteiger charge is -2.25. The number of hydrogen-bond acceptors (Lipinski definition) is 5. The zero-order valence-corrected chi connectivity index (χ0v) is 18.1. The Kier molecular flexibility index (Phi) is 8.42. The lowest BCUT2D eigenvalue weighted by atomic mass is 10.1. The van der Waals surface area contributed by atoms with Gasteiger partial charge in [-0.15, -0.1) is 0 Å². The second-order valence-corrected chi connectivity index (χ2v) is 7.92. The highest BCUT2D eigenvalue weighted by Crippen LogP contribution is 2.29. The van der Waals surface area contributed by atoms with Crippen LogP contribution in [-0.4, -0.2) is 42.7 Å². The molecule has 32 heavy (non-hydrogen) atoms. The van der Waals surface area contributed by atoms with E-state index in [1.54, 1.807) is 0 Å². The molecule has 0 bridgehead atoms. The van der Waals surface area contributed by atoms with Gasteiger partial charge in [0.25, 0.3) is 0 Å². The van der Waals surface area contributed by atoms with Crippen LogP contribution in [0.3, 0.4) is 0 Å². The van der Waals surface area contributed by atoms with Gasteiger partial charge in [-0.05, 0) is 16.7 Å². The highest BCUT2D eigenvalue weighted by molar-refractivity contribution is 5.15. The summed E-state index contributed by atoms with van der Waals surface area (Å²) < 4.78 is 24.6. The summed E-state index contributed by atoms with van der Waals surface area (Å²) >= 11 is 0. The molecular formula is C27H30O5. The normalized spacial score (nSPS) is 22.8. The molecule has 1 aliphatic heterocycles. The molecule has 3 aromatic carbocycles. The molecule has 1 aliphatic rings. The van der Waals surface area contributed by atoms with Crippen LogP contribution in [0.25, 0.3) is 0 Å². The Balaban J connectivity index is 1.42. The molecule has 4 atom stereocenters. The van der Waals surface area contributed by atoms with Crippen molar-refractivity contribution >= 4 is 0 Å². The largest absolute Gasteiger partial charge is 0.394 e. The monoisotopic (exact) mass is 434 g/mol. The first-order valence-electron chi connectivity index (χ1n) is 11.0. The molecule has 1 saturated heterocycles. The van der Waals surface area contributed by atoms with Gasteiger partial charge in [-0.25, -0.2) is 0 Å². The van der Waals surface area contributed by atoms with E-state index >= 15 is 0 Å². The zero-order chi connectivity index (χ0) is 22.0. The number of benzene rings is 3. The van der Waals surface area contributed by atoms with Crippen LogP contribution in [0.5, 0.6) is 0 Å². The average molecular weight is 435 g/mol. The summed E-state index contributed by atoms with van der Waals surface area (Å²) in [6, 6.07) is 30.0. The Morgan fingerprint density at radius 3 is 1.50 bits per heavy atom. The highest BCUT2D eigenvalue weighted by Gasteiger charge is 2.46. The Morgan fingerprint density at radius 1 is 0.594 bits per heavy atom. The molecule has 0 aromatic heterocycles. The minimum atomic E-state index is -0.468. The summed E-state index contributed by atoms with van der Waals surface area (Å²) in [6.07, 6.45) is -1.55. The summed E-state index contributed by atoms with van der Waals surface area (Å²) in [5.74, 6) is 0. The van der Waals surface area contributed by atoms with Crippen LogP contribution in [-0.2, 0) is 38.8 Å². The lowest BCUT2D eigenvalue weighted by Crippen LogP contribution is -2.39. The van der Waals surface area contributed by atoms with Gasteiger partial charge in [-0.1, -0.05) is 91.0 Å². The molecule has 1 heterocycles. The first-order valence-corrected chi connectivity index (χ1v) is 11.0. The van der Waals surface area contributed by atoms with Gasteiger partial charge in [0.05, 0.1) is 33.0 Å². The van der Waals surface area contributed by atoms with Gasteiger partial charge < -0.3 is 24.1 Å². The molecule has 4 rings (SSSR count). The van der Waals surface area contributed by atoms with Gasteiger partial charge in [0.1, 0.15) is 24.4 Å². The van der Waals surface area contributed by atoms with Gasteiger partial charge >= 0.3 is 0 Å². The first kappa shape index (κ1) is 22.6. The summed E-state index contributed by atoms with van der Waals surface area (Å²) in [6.45, 7) is 1.57. The number of aliphatic hydroxyl groups excluding tert-OH is 1. The van der Waals surface area contributed by atoms with Crippen molar-refractivity contribution in [1.29, 1.82) is 0 Å². The predicted molar refractivity (Wildman–Crippen MR) is 122 cm³/mol. The molecule has 0 amide bonds. The van der Waals surface area contributed by atoms with E-state index in [4.69, 9.17) is 18.9 Å². The van der Waals surface area contributed by atoms with Crippen molar-refractivity contribution in [3.8, 4) is 0 Å². The lowest BCUT2D eigenvalue weighted by molar-refractivity contribution is -0.0901. The fraction of sp³-hybridized carbons (Fsp3) is 0.333. The molecule has 0 radical (unpaired) electrons. The van der Waals surface area contributed by atoms with E-state index in [1.165, 1.54) is 0 Å². The molecule has 1 fully saturated rings. The maximum atomic E-state index is 9.96. The first-order chi connectivity index (χ1) is 15.8. The van der Waals surface area contributed by atoms with Crippen LogP contribution in [0.1, 0.15) is 16.7 Å². The molecular weight excluding hydrogens is 404 g/mol. The third-order valence-corrected chi connectivity index (χ3v) is 5.55. The van der Waals surface area contributed by atoms with E-state index in [0.717, 1.165) is 16.7 Å². The number of aliphatic hydroxyl groups is 1. The fourth-order valence-corrected chi connectivity index (χ4v) is 3.89. The molecule has 4 unspecified atom stereocenters. The summed E-state index contributed by atoms with van der Waals surface area (Å²) in [5, 5.41) is 9.96. The minimum absolute atomic E-state index is 0.139. The van der Waals surface area contributed by atoms with E-state index in [9.17, 15) is 5.11 Å². The second-order valence-electron chi connectivity index (χ2n) is 7.92. The minimum Gasteiger partial charge on any atom is -0.394 e. The quantitative estimate of drug-likeness (QED) is 0.492. The van der Waals surface area contributed by atoms with Crippen LogP contribution in [0.2, 0.25) is 0 Å². The third-order valence-electron chi connectivity index (χ3n) is 5.55. The van der Waals surface area contributed by atoms with Crippen molar-refractivity contribution in [2.75, 3.05) is 13.2 Å². The van der Waals surface area contributed by atoms with Crippen LogP contribution >= 0.6 is 0 Å². The molecule has 5 heteroatoms. The standard InChI is InChI=1S/C27H30O5/c28-16-24-26(30-18-22-12-6-2-7-13-22)27(31-19-23-14-8-3-9-15-23)25(32-24)20-29-17-21-10-4-1-5-11-21/h1-15,24-28H,16-20H2. The van der Waals surface area contributed by atoms with Gasteiger partial charge in [0.15, 0.2) is 0 Å². The average Bonchev–Trinajstić information content (AvgIpc) is 3.19. The Hall–Kier alpha value is -2.54. The van der Waals surface area contributed by atoms with Gasteiger partial charge in [0.2, 0.25) is 0 Å². The summed E-state index contributed by atoms with van der Waals surface area (Å²) in [4.78, 5) is 0. The van der Waals surface area contributed by atoms with Crippen molar-refractivity contribution in [1.82, 2.24) is 0 Å². The number of hydrogen-bond donors (Lipinski definition) is 1. The van der Waals surface area contributed by atoms with Crippen molar-refractivity contribution in [2.45, 2.75) is 44.2 Å². The summed E-state index contributed by atoms with van der Waals surface area (Å²) in [5.41, 5.74) is 3.24.